The molecule has 0 radical (unpaired) electrons. The van der Waals surface area contributed by atoms with Crippen LogP contribution in [0.5, 0.6) is 5.75 Å². The van der Waals surface area contributed by atoms with Gasteiger partial charge in [0, 0.05) is 11.3 Å². The van der Waals surface area contributed by atoms with Crippen LogP contribution in [0.4, 0.5) is 5.69 Å². The van der Waals surface area contributed by atoms with Gasteiger partial charge in [0.05, 0.1) is 21.8 Å². The maximum atomic E-state index is 12.6. The molecule has 0 bridgehead atoms. The van der Waals surface area contributed by atoms with Crippen LogP contribution in [0, 0.1) is 6.92 Å². The first kappa shape index (κ1) is 19.1. The number of nitrogens with one attached hydrogen (secondary N) is 3. The first-order chi connectivity index (χ1) is 12.8. The van der Waals surface area contributed by atoms with Crippen molar-refractivity contribution in [1.82, 2.24) is 15.2 Å². The van der Waals surface area contributed by atoms with Crippen LogP contribution >= 0.6 is 23.2 Å². The van der Waals surface area contributed by atoms with Gasteiger partial charge in [-0.3, -0.25) is 4.79 Å². The molecule has 3 rings (SSSR count). The van der Waals surface area contributed by atoms with E-state index in [1.807, 2.05) is 13.8 Å². The molecule has 0 atom stereocenters. The number of nitrogens with zero attached hydrogens (tertiary/aromatic N) is 1. The van der Waals surface area contributed by atoms with Crippen LogP contribution in [-0.2, 0) is 0 Å². The Bertz CT molecular complexity index is 1050. The van der Waals surface area contributed by atoms with Gasteiger partial charge in [-0.15, -0.1) is 5.10 Å². The highest BCUT2D eigenvalue weighted by Crippen LogP contribution is 2.33. The average molecular weight is 411 g/mol. The summed E-state index contributed by atoms with van der Waals surface area (Å²) in [5.74, 6) is -0.640. The van der Waals surface area contributed by atoms with Gasteiger partial charge in [0.2, 0.25) is 5.89 Å². The summed E-state index contributed by atoms with van der Waals surface area (Å²) in [6, 6.07) is 4.87. The average Bonchev–Trinajstić information content (AvgIpc) is 3.15. The van der Waals surface area contributed by atoms with Gasteiger partial charge in [-0.25, -0.2) is 9.89 Å². The van der Waals surface area contributed by atoms with E-state index in [1.165, 1.54) is 0 Å². The molecule has 0 aliphatic heterocycles. The molecule has 0 aliphatic rings. The largest absolute Gasteiger partial charge is 0.489 e. The molecule has 1 aromatic carbocycles. The minimum atomic E-state index is -0.664. The van der Waals surface area contributed by atoms with E-state index in [1.54, 1.807) is 25.1 Å². The SMILES string of the molecule is Cc1[nH]c(C(=O)Nc2ccc(-c3n[nH]c(=O)o3)cc2OC(C)C)c(Cl)c1Cl. The minimum Gasteiger partial charge on any atom is -0.489 e. The Labute approximate surface area is 163 Å². The van der Waals surface area contributed by atoms with Crippen LogP contribution in [0.15, 0.2) is 27.4 Å². The monoisotopic (exact) mass is 410 g/mol. The van der Waals surface area contributed by atoms with Gasteiger partial charge in [-0.2, -0.15) is 0 Å². The Morgan fingerprint density at radius 3 is 2.59 bits per heavy atom. The normalized spacial score (nSPS) is 11.0. The third-order valence-electron chi connectivity index (χ3n) is 3.56. The van der Waals surface area contributed by atoms with Crippen molar-refractivity contribution in [1.29, 1.82) is 0 Å². The van der Waals surface area contributed by atoms with Crippen LogP contribution in [0.2, 0.25) is 10.0 Å². The number of hydrogen-bond acceptors (Lipinski definition) is 5. The number of halogens is 2. The zero-order valence-corrected chi connectivity index (χ0v) is 16.2. The zero-order valence-electron chi connectivity index (χ0n) is 14.6. The summed E-state index contributed by atoms with van der Waals surface area (Å²) in [5, 5.41) is 9.16. The maximum absolute atomic E-state index is 12.6. The summed E-state index contributed by atoms with van der Waals surface area (Å²) >= 11 is 12.1. The van der Waals surface area contributed by atoms with Crippen LogP contribution in [0.25, 0.3) is 11.5 Å². The molecule has 0 saturated heterocycles. The molecule has 0 aliphatic carbocycles. The molecular weight excluding hydrogens is 395 g/mol. The van der Waals surface area contributed by atoms with Crippen molar-refractivity contribution in [3.8, 4) is 17.2 Å². The lowest BCUT2D eigenvalue weighted by atomic mass is 10.1. The quantitative estimate of drug-likeness (QED) is 0.587. The van der Waals surface area contributed by atoms with Gasteiger partial charge >= 0.3 is 5.76 Å². The lowest BCUT2D eigenvalue weighted by Crippen LogP contribution is -2.15. The molecule has 8 nitrogen and oxygen atoms in total. The Morgan fingerprint density at radius 2 is 2.04 bits per heavy atom. The lowest BCUT2D eigenvalue weighted by molar-refractivity contribution is 0.102. The van der Waals surface area contributed by atoms with E-state index in [-0.39, 0.29) is 22.7 Å². The number of carbonyl (C=O) groups excluding carboxylic acids is 1. The second kappa shape index (κ2) is 7.50. The predicted octanol–water partition coefficient (Wildman–Crippen LogP) is 4.01. The molecular formula is C17H16Cl2N4O4. The van der Waals surface area contributed by atoms with Crippen molar-refractivity contribution < 1.29 is 13.9 Å². The molecule has 0 saturated carbocycles. The number of aryl methyl sites for hydroxylation is 1. The summed E-state index contributed by atoms with van der Waals surface area (Å²) < 4.78 is 10.7. The fourth-order valence-electron chi connectivity index (χ4n) is 2.38. The Morgan fingerprint density at radius 1 is 1.30 bits per heavy atom. The van der Waals surface area contributed by atoms with E-state index < -0.39 is 11.7 Å². The Balaban J connectivity index is 1.95. The van der Waals surface area contributed by atoms with Crippen LogP contribution in [0.3, 0.4) is 0 Å². The molecule has 3 aromatic rings. The summed E-state index contributed by atoms with van der Waals surface area (Å²) in [6.45, 7) is 5.40. The fraction of sp³-hybridized carbons (Fsp3) is 0.235. The van der Waals surface area contributed by atoms with E-state index in [9.17, 15) is 9.59 Å². The van der Waals surface area contributed by atoms with E-state index in [4.69, 9.17) is 32.4 Å². The Kier molecular flexibility index (Phi) is 5.29. The van der Waals surface area contributed by atoms with E-state index in [2.05, 4.69) is 20.5 Å². The Hall–Kier alpha value is -2.71. The van der Waals surface area contributed by atoms with Crippen LogP contribution < -0.4 is 15.8 Å². The molecule has 3 N–H and O–H groups in total. The van der Waals surface area contributed by atoms with E-state index in [0.717, 1.165) is 0 Å². The molecule has 0 spiro atoms. The number of anilines is 1. The highest BCUT2D eigenvalue weighted by molar-refractivity contribution is 6.44. The molecule has 0 unspecified atom stereocenters. The van der Waals surface area contributed by atoms with Crippen molar-refractivity contribution in [2.45, 2.75) is 26.9 Å². The van der Waals surface area contributed by atoms with Gasteiger partial charge in [-0.05, 0) is 39.0 Å². The number of carbonyl (C=O) groups is 1. The highest BCUT2D eigenvalue weighted by Gasteiger charge is 2.20. The van der Waals surface area contributed by atoms with Crippen molar-refractivity contribution >= 4 is 34.8 Å². The minimum absolute atomic E-state index is 0.112. The number of ether oxygens (including phenoxy) is 1. The number of H-pyrrole nitrogens is 2. The van der Waals surface area contributed by atoms with Gasteiger partial charge < -0.3 is 19.5 Å². The first-order valence-electron chi connectivity index (χ1n) is 7.97. The summed E-state index contributed by atoms with van der Waals surface area (Å²) in [5.41, 5.74) is 1.67. The number of hydrogen-bond donors (Lipinski definition) is 3. The van der Waals surface area contributed by atoms with E-state index in [0.29, 0.717) is 27.7 Å². The van der Waals surface area contributed by atoms with E-state index >= 15 is 0 Å². The second-order valence-corrected chi connectivity index (χ2v) is 6.76. The molecule has 1 amide bonds. The van der Waals surface area contributed by atoms with Gasteiger partial charge in [0.1, 0.15) is 11.4 Å². The maximum Gasteiger partial charge on any atom is 0.434 e. The van der Waals surface area contributed by atoms with Crippen LogP contribution in [-0.4, -0.2) is 27.2 Å². The number of aromatic nitrogens is 3. The van der Waals surface area contributed by atoms with Crippen molar-refractivity contribution in [2.24, 2.45) is 0 Å². The number of aromatic amines is 2. The molecule has 27 heavy (non-hydrogen) atoms. The van der Waals surface area contributed by atoms with Crippen molar-refractivity contribution in [2.75, 3.05) is 5.32 Å². The first-order valence-corrected chi connectivity index (χ1v) is 8.73. The predicted molar refractivity (Wildman–Crippen MR) is 102 cm³/mol. The number of amides is 1. The lowest BCUT2D eigenvalue weighted by Gasteiger charge is -2.15. The molecule has 142 valence electrons. The summed E-state index contributed by atoms with van der Waals surface area (Å²) in [4.78, 5) is 26.6. The van der Waals surface area contributed by atoms with Gasteiger partial charge in [0.25, 0.3) is 5.91 Å². The summed E-state index contributed by atoms with van der Waals surface area (Å²) in [7, 11) is 0. The van der Waals surface area contributed by atoms with Gasteiger partial charge in [0.15, 0.2) is 0 Å². The zero-order chi connectivity index (χ0) is 19.7. The highest BCUT2D eigenvalue weighted by atomic mass is 35.5. The molecule has 10 heteroatoms. The molecule has 2 aromatic heterocycles. The number of benzene rings is 1. The second-order valence-electron chi connectivity index (χ2n) is 6.00. The fourth-order valence-corrected chi connectivity index (χ4v) is 2.79. The topological polar surface area (TPSA) is 113 Å². The smallest absolute Gasteiger partial charge is 0.434 e. The third kappa shape index (κ3) is 4.01. The van der Waals surface area contributed by atoms with Gasteiger partial charge in [-0.1, -0.05) is 23.2 Å². The third-order valence-corrected chi connectivity index (χ3v) is 4.51. The summed E-state index contributed by atoms with van der Waals surface area (Å²) in [6.07, 6.45) is -0.159. The van der Waals surface area contributed by atoms with Crippen molar-refractivity contribution in [3.63, 3.8) is 0 Å². The number of rotatable bonds is 5. The van der Waals surface area contributed by atoms with Crippen LogP contribution in [0.1, 0.15) is 30.0 Å². The van der Waals surface area contributed by atoms with Crippen molar-refractivity contribution in [3.05, 3.63) is 50.2 Å². The molecule has 2 heterocycles. The standard InChI is InChI=1S/C17H16Cl2N4O4/c1-7(2)26-11-6-9(16-22-23-17(25)27-16)4-5-10(11)21-15(24)14-13(19)12(18)8(3)20-14/h4-7,20H,1-3H3,(H,21,24)(H,23,25). The molecule has 0 fully saturated rings.